The Hall–Kier alpha value is -3.12. The lowest BCUT2D eigenvalue weighted by molar-refractivity contribution is 0.0616. The van der Waals surface area contributed by atoms with Gasteiger partial charge >= 0.3 is 0 Å². The highest BCUT2D eigenvalue weighted by Crippen LogP contribution is 2.22. The van der Waals surface area contributed by atoms with Crippen LogP contribution in [0.2, 0.25) is 0 Å². The van der Waals surface area contributed by atoms with Gasteiger partial charge in [0.1, 0.15) is 18.1 Å². The third kappa shape index (κ3) is 4.97. The van der Waals surface area contributed by atoms with Crippen molar-refractivity contribution in [2.24, 2.45) is 0 Å². The number of aromatic nitrogens is 1. The molecular formula is C25H29N3O3. The lowest BCUT2D eigenvalue weighted by atomic mass is 10.1. The maximum atomic E-state index is 13.1. The second-order valence-corrected chi connectivity index (χ2v) is 8.15. The van der Waals surface area contributed by atoms with Gasteiger partial charge in [0, 0.05) is 32.7 Å². The molecule has 6 nitrogen and oxygen atoms in total. The van der Waals surface area contributed by atoms with Gasteiger partial charge in [0.05, 0.1) is 5.56 Å². The second-order valence-electron chi connectivity index (χ2n) is 8.15. The third-order valence-electron chi connectivity index (χ3n) is 5.96. The summed E-state index contributed by atoms with van der Waals surface area (Å²) < 4.78 is 11.3. The fraction of sp³-hybridized carbons (Fsp3) is 0.360. The van der Waals surface area contributed by atoms with Gasteiger partial charge in [0.2, 0.25) is 0 Å². The standard InChI is InChI=1S/C25H29N3O3/c1-18-9-10-22(15-19(18)2)30-17-23-20(3)31-26-24(23)25(29)28-13-11-27(12-14-28)16-21-7-5-4-6-8-21/h4-10,15H,11-14,16-17H2,1-3H3. The number of piperazine rings is 1. The van der Waals surface area contributed by atoms with E-state index in [2.05, 4.69) is 48.2 Å². The zero-order chi connectivity index (χ0) is 21.8. The van der Waals surface area contributed by atoms with E-state index < -0.39 is 0 Å². The predicted molar refractivity (Wildman–Crippen MR) is 119 cm³/mol. The molecule has 0 spiro atoms. The lowest BCUT2D eigenvalue weighted by Gasteiger charge is -2.34. The van der Waals surface area contributed by atoms with Gasteiger partial charge in [-0.25, -0.2) is 0 Å². The van der Waals surface area contributed by atoms with Crippen molar-refractivity contribution in [1.82, 2.24) is 15.0 Å². The molecule has 0 saturated carbocycles. The average Bonchev–Trinajstić information content (AvgIpc) is 3.15. The van der Waals surface area contributed by atoms with Crippen LogP contribution < -0.4 is 4.74 Å². The molecule has 162 valence electrons. The van der Waals surface area contributed by atoms with Crippen LogP contribution in [-0.2, 0) is 13.2 Å². The van der Waals surface area contributed by atoms with Gasteiger partial charge in [-0.15, -0.1) is 0 Å². The van der Waals surface area contributed by atoms with Crippen molar-refractivity contribution in [3.63, 3.8) is 0 Å². The van der Waals surface area contributed by atoms with Crippen LogP contribution >= 0.6 is 0 Å². The minimum atomic E-state index is -0.0881. The molecule has 1 amide bonds. The fourth-order valence-corrected chi connectivity index (χ4v) is 3.79. The minimum Gasteiger partial charge on any atom is -0.489 e. The monoisotopic (exact) mass is 419 g/mol. The molecule has 31 heavy (non-hydrogen) atoms. The van der Waals surface area contributed by atoms with Gasteiger partial charge in [0.25, 0.3) is 5.91 Å². The average molecular weight is 420 g/mol. The molecule has 0 atom stereocenters. The van der Waals surface area contributed by atoms with Crippen LogP contribution in [0.5, 0.6) is 5.75 Å². The highest BCUT2D eigenvalue weighted by molar-refractivity contribution is 5.93. The number of nitrogens with zero attached hydrogens (tertiary/aromatic N) is 3. The molecule has 1 aliphatic rings. The van der Waals surface area contributed by atoms with Crippen LogP contribution in [0.15, 0.2) is 53.1 Å². The molecule has 0 bridgehead atoms. The SMILES string of the molecule is Cc1ccc(OCc2c(C(=O)N3CCN(Cc4ccccc4)CC3)noc2C)cc1C. The first kappa shape index (κ1) is 21.1. The van der Waals surface area contributed by atoms with Crippen molar-refractivity contribution in [3.05, 3.63) is 82.2 Å². The van der Waals surface area contributed by atoms with E-state index in [1.165, 1.54) is 16.7 Å². The molecule has 4 rings (SSSR count). The van der Waals surface area contributed by atoms with E-state index in [0.29, 0.717) is 24.5 Å². The largest absolute Gasteiger partial charge is 0.489 e. The summed E-state index contributed by atoms with van der Waals surface area (Å²) in [6.07, 6.45) is 0. The van der Waals surface area contributed by atoms with Crippen molar-refractivity contribution in [3.8, 4) is 5.75 Å². The maximum absolute atomic E-state index is 13.1. The summed E-state index contributed by atoms with van der Waals surface area (Å²) in [5, 5.41) is 4.06. The summed E-state index contributed by atoms with van der Waals surface area (Å²) in [4.78, 5) is 17.4. The Morgan fingerprint density at radius 1 is 1.00 bits per heavy atom. The molecular weight excluding hydrogens is 390 g/mol. The highest BCUT2D eigenvalue weighted by Gasteiger charge is 2.28. The number of ether oxygens (including phenoxy) is 1. The smallest absolute Gasteiger partial charge is 0.276 e. The Morgan fingerprint density at radius 2 is 1.74 bits per heavy atom. The molecule has 1 fully saturated rings. The van der Waals surface area contributed by atoms with E-state index in [1.807, 2.05) is 36.1 Å². The molecule has 1 aromatic heterocycles. The van der Waals surface area contributed by atoms with Crippen LogP contribution in [0.4, 0.5) is 0 Å². The first-order valence-electron chi connectivity index (χ1n) is 10.7. The number of rotatable bonds is 6. The molecule has 3 aromatic rings. The van der Waals surface area contributed by atoms with E-state index in [1.54, 1.807) is 0 Å². The van der Waals surface area contributed by atoms with Crippen molar-refractivity contribution in [2.45, 2.75) is 33.9 Å². The van der Waals surface area contributed by atoms with Gasteiger partial charge < -0.3 is 14.2 Å². The van der Waals surface area contributed by atoms with Gasteiger partial charge in [-0.3, -0.25) is 9.69 Å². The van der Waals surface area contributed by atoms with Crippen molar-refractivity contribution in [1.29, 1.82) is 0 Å². The van der Waals surface area contributed by atoms with E-state index >= 15 is 0 Å². The zero-order valence-corrected chi connectivity index (χ0v) is 18.4. The molecule has 2 aromatic carbocycles. The molecule has 1 aliphatic heterocycles. The van der Waals surface area contributed by atoms with Gasteiger partial charge in [-0.05, 0) is 49.6 Å². The van der Waals surface area contributed by atoms with E-state index in [-0.39, 0.29) is 12.5 Å². The van der Waals surface area contributed by atoms with Crippen LogP contribution in [0.1, 0.15) is 38.5 Å². The second kappa shape index (κ2) is 9.35. The number of carbonyl (C=O) groups is 1. The van der Waals surface area contributed by atoms with Crippen LogP contribution in [0.3, 0.4) is 0 Å². The molecule has 0 radical (unpaired) electrons. The maximum Gasteiger partial charge on any atom is 0.276 e. The molecule has 0 aliphatic carbocycles. The lowest BCUT2D eigenvalue weighted by Crippen LogP contribution is -2.48. The number of benzene rings is 2. The van der Waals surface area contributed by atoms with Crippen molar-refractivity contribution in [2.75, 3.05) is 26.2 Å². The van der Waals surface area contributed by atoms with Gasteiger partial charge in [-0.1, -0.05) is 41.6 Å². The molecule has 1 saturated heterocycles. The van der Waals surface area contributed by atoms with Gasteiger partial charge in [-0.2, -0.15) is 0 Å². The Balaban J connectivity index is 1.37. The minimum absolute atomic E-state index is 0.0881. The zero-order valence-electron chi connectivity index (χ0n) is 18.4. The Morgan fingerprint density at radius 3 is 2.45 bits per heavy atom. The van der Waals surface area contributed by atoms with E-state index in [9.17, 15) is 4.79 Å². The summed E-state index contributed by atoms with van der Waals surface area (Å²) in [6, 6.07) is 16.4. The number of aryl methyl sites for hydroxylation is 3. The normalized spacial score (nSPS) is 14.6. The number of hydrogen-bond acceptors (Lipinski definition) is 5. The predicted octanol–water partition coefficient (Wildman–Crippen LogP) is 4.14. The Kier molecular flexibility index (Phi) is 6.37. The molecule has 2 heterocycles. The van der Waals surface area contributed by atoms with Crippen LogP contribution in [0.25, 0.3) is 0 Å². The summed E-state index contributed by atoms with van der Waals surface area (Å²) in [7, 11) is 0. The van der Waals surface area contributed by atoms with E-state index in [0.717, 1.165) is 30.9 Å². The van der Waals surface area contributed by atoms with E-state index in [4.69, 9.17) is 9.26 Å². The van der Waals surface area contributed by atoms with Gasteiger partial charge in [0.15, 0.2) is 5.69 Å². The Bertz CT molecular complexity index is 1040. The fourth-order valence-electron chi connectivity index (χ4n) is 3.79. The first-order chi connectivity index (χ1) is 15.0. The molecule has 0 N–H and O–H groups in total. The summed E-state index contributed by atoms with van der Waals surface area (Å²) >= 11 is 0. The number of amides is 1. The van der Waals surface area contributed by atoms with Crippen LogP contribution in [-0.4, -0.2) is 47.0 Å². The van der Waals surface area contributed by atoms with Crippen LogP contribution in [0, 0.1) is 20.8 Å². The summed E-state index contributed by atoms with van der Waals surface area (Å²) in [5.74, 6) is 1.31. The summed E-state index contributed by atoms with van der Waals surface area (Å²) in [6.45, 7) is 10.1. The number of hydrogen-bond donors (Lipinski definition) is 0. The third-order valence-corrected chi connectivity index (χ3v) is 5.96. The molecule has 6 heteroatoms. The summed E-state index contributed by atoms with van der Waals surface area (Å²) in [5.41, 5.74) is 4.76. The highest BCUT2D eigenvalue weighted by atomic mass is 16.5. The molecule has 0 unspecified atom stereocenters. The topological polar surface area (TPSA) is 58.8 Å². The quantitative estimate of drug-likeness (QED) is 0.601. The first-order valence-corrected chi connectivity index (χ1v) is 10.7. The van der Waals surface area contributed by atoms with Crippen molar-refractivity contribution < 1.29 is 14.1 Å². The Labute approximate surface area is 183 Å². The number of carbonyl (C=O) groups excluding carboxylic acids is 1. The van der Waals surface area contributed by atoms with Crippen molar-refractivity contribution >= 4 is 5.91 Å².